The van der Waals surface area contributed by atoms with Crippen molar-refractivity contribution < 1.29 is 51.4 Å². The highest BCUT2D eigenvalue weighted by atomic mass is 19.4. The Morgan fingerprint density at radius 1 is 0.887 bits per heavy atom. The number of ether oxygens (including phenoxy) is 3. The van der Waals surface area contributed by atoms with Gasteiger partial charge in [0, 0.05) is 50.5 Å². The molecule has 0 saturated carbocycles. The minimum Gasteiger partial charge on any atom is -0.406 e. The Labute approximate surface area is 355 Å². The maximum Gasteiger partial charge on any atom is 0.573 e. The number of nitrogens with one attached hydrogen (secondary N) is 4. The van der Waals surface area contributed by atoms with Crippen LogP contribution in [0.2, 0.25) is 0 Å². The molecule has 0 radical (unpaired) electrons. The first-order chi connectivity index (χ1) is 29.9. The number of anilines is 2. The number of imide groups is 2. The summed E-state index contributed by atoms with van der Waals surface area (Å²) in [5, 5.41) is 15.7. The number of hydrogen-bond acceptors (Lipinski definition) is 13. The lowest BCUT2D eigenvalue weighted by Crippen LogP contribution is -2.54. The van der Waals surface area contributed by atoms with Crippen LogP contribution in [0.5, 0.6) is 5.75 Å². The molecule has 0 aliphatic carbocycles. The monoisotopic (exact) mass is 865 g/mol. The third-order valence-corrected chi connectivity index (χ3v) is 10.4. The zero-order chi connectivity index (χ0) is 44.1. The number of imidazole rings is 1. The largest absolute Gasteiger partial charge is 0.573 e. The molecule has 2 saturated heterocycles. The number of nitrogens with zero attached hydrogens (tertiary/aromatic N) is 5. The van der Waals surface area contributed by atoms with Crippen LogP contribution in [0.15, 0.2) is 60.8 Å². The SMILES string of the molecule is CCCOCCOCCN1CCC(CNc2ccc3ncc(-c4cccc(OC(F)(F)F)c4)n3n2)CC1.O=CNCCNc1ccc2c(c1)C(=O)N(C1CCC(=O)NC1=O)C2=O. The fraction of sp³-hybridized carbons (Fsp3) is 0.452. The van der Waals surface area contributed by atoms with Gasteiger partial charge in [0.05, 0.1) is 42.8 Å². The fourth-order valence-electron chi connectivity index (χ4n) is 7.26. The molecule has 7 rings (SSSR count). The summed E-state index contributed by atoms with van der Waals surface area (Å²) in [6, 6.07) is 13.3. The molecular weight excluding hydrogens is 816 g/mol. The maximum atomic E-state index is 12.6. The van der Waals surface area contributed by atoms with E-state index in [9.17, 15) is 37.1 Å². The normalized spacial score (nSPS) is 17.0. The molecule has 2 aromatic carbocycles. The molecule has 332 valence electrons. The highest BCUT2D eigenvalue weighted by Crippen LogP contribution is 2.31. The predicted octanol–water partition coefficient (Wildman–Crippen LogP) is 4.11. The first-order valence-electron chi connectivity index (χ1n) is 20.5. The topological polar surface area (TPSA) is 198 Å². The zero-order valence-corrected chi connectivity index (χ0v) is 34.2. The van der Waals surface area contributed by atoms with E-state index >= 15 is 0 Å². The van der Waals surface area contributed by atoms with Gasteiger partial charge in [-0.1, -0.05) is 19.1 Å². The minimum atomic E-state index is -4.75. The Morgan fingerprint density at radius 2 is 1.66 bits per heavy atom. The van der Waals surface area contributed by atoms with Gasteiger partial charge in [-0.05, 0) is 87.2 Å². The summed E-state index contributed by atoms with van der Waals surface area (Å²) >= 11 is 0. The smallest absolute Gasteiger partial charge is 0.406 e. The number of carbonyl (C=O) groups excluding carboxylic acids is 5. The standard InChI is InChI=1S/C26H34F3N5O3.C16H16N4O5/c1-2-13-35-15-16-36-14-12-33-10-8-20(9-11-33)18-30-24-6-7-25-31-19-23(34(25)32-24)21-4-3-5-22(17-21)37-26(27,28)29;21-8-17-5-6-18-9-1-2-10-11(7-9)16(25)20(15(10)24)12-3-4-13(22)19-14(12)23/h3-7,17,19-20H,2,8-16,18H2,1H3,(H,30,32);1-2,7-8,12,18H,3-6H2,(H,17,21)(H,19,22,23). The van der Waals surface area contributed by atoms with Gasteiger partial charge in [0.15, 0.2) is 5.65 Å². The molecule has 62 heavy (non-hydrogen) atoms. The van der Waals surface area contributed by atoms with Gasteiger partial charge < -0.3 is 35.1 Å². The van der Waals surface area contributed by atoms with Gasteiger partial charge in [0.25, 0.3) is 11.8 Å². The van der Waals surface area contributed by atoms with Crippen molar-refractivity contribution >= 4 is 47.2 Å². The van der Waals surface area contributed by atoms with Crippen LogP contribution in [0.4, 0.5) is 24.7 Å². The number of likely N-dealkylation sites (tertiary alicyclic amines) is 1. The second kappa shape index (κ2) is 21.6. The number of carbonyl (C=O) groups is 5. The fourth-order valence-corrected chi connectivity index (χ4v) is 7.26. The number of fused-ring (bicyclic) bond motifs is 2. The number of hydrogen-bond donors (Lipinski definition) is 4. The molecule has 5 heterocycles. The Kier molecular flexibility index (Phi) is 15.8. The van der Waals surface area contributed by atoms with Crippen LogP contribution >= 0.6 is 0 Å². The predicted molar refractivity (Wildman–Crippen MR) is 220 cm³/mol. The lowest BCUT2D eigenvalue weighted by atomic mass is 9.97. The molecule has 2 aromatic heterocycles. The summed E-state index contributed by atoms with van der Waals surface area (Å²) in [6.07, 6.45) is 0.854. The van der Waals surface area contributed by atoms with Crippen molar-refractivity contribution in [1.29, 1.82) is 0 Å². The van der Waals surface area contributed by atoms with Crippen LogP contribution in [-0.2, 0) is 23.9 Å². The molecule has 1 atom stereocenters. The summed E-state index contributed by atoms with van der Waals surface area (Å²) in [4.78, 5) is 66.2. The Balaban J connectivity index is 0.000000223. The van der Waals surface area contributed by atoms with Crippen molar-refractivity contribution in [2.45, 2.75) is 51.4 Å². The number of alkyl halides is 3. The molecule has 4 N–H and O–H groups in total. The van der Waals surface area contributed by atoms with Crippen molar-refractivity contribution in [2.75, 3.05) is 76.3 Å². The average molecular weight is 866 g/mol. The highest BCUT2D eigenvalue weighted by molar-refractivity contribution is 6.23. The first kappa shape index (κ1) is 45.4. The molecule has 0 spiro atoms. The Morgan fingerprint density at radius 3 is 2.40 bits per heavy atom. The van der Waals surface area contributed by atoms with Gasteiger partial charge in [-0.15, -0.1) is 18.3 Å². The molecule has 3 aliphatic rings. The number of aromatic nitrogens is 3. The number of benzene rings is 2. The van der Waals surface area contributed by atoms with Crippen LogP contribution in [0.25, 0.3) is 16.9 Å². The van der Waals surface area contributed by atoms with Crippen LogP contribution in [0, 0.1) is 5.92 Å². The highest BCUT2D eigenvalue weighted by Gasteiger charge is 2.44. The summed E-state index contributed by atoms with van der Waals surface area (Å²) in [6.45, 7) is 9.58. The van der Waals surface area contributed by atoms with E-state index in [0.717, 1.165) is 63.6 Å². The first-order valence-corrected chi connectivity index (χ1v) is 20.5. The number of halogens is 3. The quantitative estimate of drug-likeness (QED) is 0.0598. The number of amides is 5. The zero-order valence-electron chi connectivity index (χ0n) is 34.2. The second-order valence-electron chi connectivity index (χ2n) is 14.8. The van der Waals surface area contributed by atoms with E-state index in [0.29, 0.717) is 67.0 Å². The lowest BCUT2D eigenvalue weighted by molar-refractivity contribution is -0.274. The van der Waals surface area contributed by atoms with E-state index < -0.39 is 36.0 Å². The number of piperidine rings is 2. The van der Waals surface area contributed by atoms with Gasteiger partial charge in [0.2, 0.25) is 18.2 Å². The summed E-state index contributed by atoms with van der Waals surface area (Å²) in [5.41, 5.74) is 2.78. The molecule has 2 fully saturated rings. The third-order valence-electron chi connectivity index (χ3n) is 10.4. The van der Waals surface area contributed by atoms with Crippen LogP contribution in [0.3, 0.4) is 0 Å². The van der Waals surface area contributed by atoms with Crippen molar-refractivity contribution in [3.63, 3.8) is 0 Å². The van der Waals surface area contributed by atoms with Gasteiger partial charge >= 0.3 is 6.36 Å². The molecule has 3 aliphatic heterocycles. The second-order valence-corrected chi connectivity index (χ2v) is 14.8. The summed E-state index contributed by atoms with van der Waals surface area (Å²) in [5.74, 6) is -1.19. The van der Waals surface area contributed by atoms with E-state index in [-0.39, 0.29) is 29.7 Å². The van der Waals surface area contributed by atoms with E-state index in [2.05, 4.69) is 47.9 Å². The molecule has 4 aromatic rings. The molecule has 0 bridgehead atoms. The number of rotatable bonds is 19. The Bertz CT molecular complexity index is 2200. The summed E-state index contributed by atoms with van der Waals surface area (Å²) < 4.78 is 54.6. The molecule has 5 amide bonds. The Hall–Kier alpha value is -6.12. The van der Waals surface area contributed by atoms with Crippen LogP contribution < -0.4 is 26.0 Å². The van der Waals surface area contributed by atoms with Crippen molar-refractivity contribution in [3.05, 3.63) is 71.9 Å². The van der Waals surface area contributed by atoms with Gasteiger partial charge in [-0.25, -0.2) is 9.50 Å². The molecule has 1 unspecified atom stereocenters. The van der Waals surface area contributed by atoms with E-state index in [4.69, 9.17) is 9.47 Å². The molecule has 20 heteroatoms. The van der Waals surface area contributed by atoms with Crippen molar-refractivity contribution in [3.8, 4) is 17.0 Å². The van der Waals surface area contributed by atoms with Crippen molar-refractivity contribution in [2.24, 2.45) is 5.92 Å². The van der Waals surface area contributed by atoms with Crippen LogP contribution in [0.1, 0.15) is 59.7 Å². The minimum absolute atomic E-state index is 0.0837. The summed E-state index contributed by atoms with van der Waals surface area (Å²) in [7, 11) is 0. The molecular formula is C42H50F3N9O8. The lowest BCUT2D eigenvalue weighted by Gasteiger charge is -2.32. The third kappa shape index (κ3) is 12.3. The van der Waals surface area contributed by atoms with Gasteiger partial charge in [0.1, 0.15) is 17.6 Å². The van der Waals surface area contributed by atoms with Gasteiger partial charge in [-0.3, -0.25) is 34.2 Å². The van der Waals surface area contributed by atoms with Crippen LogP contribution in [-0.4, -0.2) is 133 Å². The van der Waals surface area contributed by atoms with Gasteiger partial charge in [-0.2, -0.15) is 0 Å². The van der Waals surface area contributed by atoms with E-state index in [1.165, 1.54) is 24.3 Å². The van der Waals surface area contributed by atoms with E-state index in [1.54, 1.807) is 28.9 Å². The van der Waals surface area contributed by atoms with E-state index in [1.807, 2.05) is 12.1 Å². The van der Waals surface area contributed by atoms with Crippen molar-refractivity contribution in [1.82, 2.24) is 35.0 Å². The maximum absolute atomic E-state index is 12.6. The molecule has 17 nitrogen and oxygen atoms in total. The average Bonchev–Trinajstić information content (AvgIpc) is 3.78.